The number of aryl methyl sites for hydroxylation is 1. The first-order valence-electron chi connectivity index (χ1n) is 5.63. The molecular formula is C12H23N3. The lowest BCUT2D eigenvalue weighted by Crippen LogP contribution is -2.40. The van der Waals surface area contributed by atoms with E-state index in [1.54, 1.807) is 0 Å². The molecule has 3 heteroatoms. The molecule has 0 aromatic carbocycles. The third-order valence-electron chi connectivity index (χ3n) is 3.23. The Morgan fingerprint density at radius 3 is 2.53 bits per heavy atom. The summed E-state index contributed by atoms with van der Waals surface area (Å²) < 4.78 is 1.92. The molecule has 86 valence electrons. The van der Waals surface area contributed by atoms with Crippen molar-refractivity contribution in [2.45, 2.75) is 52.6 Å². The first-order chi connectivity index (χ1) is 6.87. The third-order valence-corrected chi connectivity index (χ3v) is 3.23. The van der Waals surface area contributed by atoms with Crippen LogP contribution >= 0.6 is 0 Å². The van der Waals surface area contributed by atoms with Gasteiger partial charge in [-0.1, -0.05) is 6.92 Å². The second-order valence-electron chi connectivity index (χ2n) is 4.91. The summed E-state index contributed by atoms with van der Waals surface area (Å²) in [6, 6.07) is 0.355. The monoisotopic (exact) mass is 209 g/mol. The second-order valence-corrected chi connectivity index (χ2v) is 4.91. The molecule has 15 heavy (non-hydrogen) atoms. The van der Waals surface area contributed by atoms with Crippen LogP contribution in [0.4, 0.5) is 0 Å². The third kappa shape index (κ3) is 2.81. The van der Waals surface area contributed by atoms with Crippen LogP contribution in [0.2, 0.25) is 0 Å². The van der Waals surface area contributed by atoms with Crippen molar-refractivity contribution in [3.63, 3.8) is 0 Å². The summed E-state index contributed by atoms with van der Waals surface area (Å²) in [5.74, 6) is 0. The van der Waals surface area contributed by atoms with Gasteiger partial charge >= 0.3 is 0 Å². The SMILES string of the molecule is CCC(C)(C)NC(C)c1cnn(C)c1C. The molecule has 0 aliphatic rings. The standard InChI is InChI=1S/C12H23N3/c1-7-12(4,5)14-9(2)11-8-13-15(6)10(11)3/h8-9,14H,7H2,1-6H3. The van der Waals surface area contributed by atoms with Crippen LogP contribution in [-0.2, 0) is 7.05 Å². The molecule has 3 nitrogen and oxygen atoms in total. The fourth-order valence-corrected chi connectivity index (χ4v) is 1.71. The molecule has 1 heterocycles. The van der Waals surface area contributed by atoms with E-state index in [2.05, 4.69) is 45.0 Å². The predicted molar refractivity (Wildman–Crippen MR) is 63.9 cm³/mol. The van der Waals surface area contributed by atoms with E-state index in [-0.39, 0.29) is 5.54 Å². The largest absolute Gasteiger partial charge is 0.305 e. The maximum absolute atomic E-state index is 4.27. The first kappa shape index (κ1) is 12.2. The zero-order valence-electron chi connectivity index (χ0n) is 10.8. The number of rotatable bonds is 4. The second kappa shape index (κ2) is 4.35. The Kier molecular flexibility index (Phi) is 3.55. The minimum Gasteiger partial charge on any atom is -0.305 e. The highest BCUT2D eigenvalue weighted by Crippen LogP contribution is 2.20. The molecule has 0 aliphatic heterocycles. The molecule has 0 aliphatic carbocycles. The molecule has 1 rings (SSSR count). The predicted octanol–water partition coefficient (Wildman–Crippen LogP) is 2.57. The summed E-state index contributed by atoms with van der Waals surface area (Å²) in [6.45, 7) is 11.0. The smallest absolute Gasteiger partial charge is 0.0540 e. The van der Waals surface area contributed by atoms with Crippen molar-refractivity contribution >= 4 is 0 Å². The molecular weight excluding hydrogens is 186 g/mol. The van der Waals surface area contributed by atoms with E-state index in [4.69, 9.17) is 0 Å². The van der Waals surface area contributed by atoms with Gasteiger partial charge in [0, 0.05) is 29.9 Å². The molecule has 1 aromatic heterocycles. The summed E-state index contributed by atoms with van der Waals surface area (Å²) in [7, 11) is 1.98. The molecule has 0 bridgehead atoms. The van der Waals surface area contributed by atoms with Gasteiger partial charge in [-0.15, -0.1) is 0 Å². The lowest BCUT2D eigenvalue weighted by Gasteiger charge is -2.29. The van der Waals surface area contributed by atoms with Gasteiger partial charge in [-0.3, -0.25) is 4.68 Å². The minimum atomic E-state index is 0.182. The number of aromatic nitrogens is 2. The molecule has 0 radical (unpaired) electrons. The van der Waals surface area contributed by atoms with E-state index in [1.807, 2.05) is 17.9 Å². The van der Waals surface area contributed by atoms with Gasteiger partial charge in [0.25, 0.3) is 0 Å². The number of hydrogen-bond donors (Lipinski definition) is 1. The van der Waals surface area contributed by atoms with Gasteiger partial charge in [0.15, 0.2) is 0 Å². The van der Waals surface area contributed by atoms with Crippen LogP contribution < -0.4 is 5.32 Å². The van der Waals surface area contributed by atoms with Crippen molar-refractivity contribution in [1.82, 2.24) is 15.1 Å². The molecule has 1 N–H and O–H groups in total. The van der Waals surface area contributed by atoms with E-state index in [0.717, 1.165) is 6.42 Å². The fourth-order valence-electron chi connectivity index (χ4n) is 1.71. The summed E-state index contributed by atoms with van der Waals surface area (Å²) in [5, 5.41) is 7.89. The van der Waals surface area contributed by atoms with Gasteiger partial charge in [-0.2, -0.15) is 5.10 Å². The zero-order valence-corrected chi connectivity index (χ0v) is 10.8. The molecule has 0 saturated heterocycles. The van der Waals surface area contributed by atoms with Crippen molar-refractivity contribution in [2.24, 2.45) is 7.05 Å². The topological polar surface area (TPSA) is 29.9 Å². The molecule has 0 fully saturated rings. The minimum absolute atomic E-state index is 0.182. The molecule has 1 unspecified atom stereocenters. The normalized spacial score (nSPS) is 14.3. The highest BCUT2D eigenvalue weighted by Gasteiger charge is 2.20. The van der Waals surface area contributed by atoms with Crippen molar-refractivity contribution < 1.29 is 0 Å². The van der Waals surface area contributed by atoms with Crippen molar-refractivity contribution in [3.05, 3.63) is 17.5 Å². The van der Waals surface area contributed by atoms with Crippen LogP contribution in [0, 0.1) is 6.92 Å². The Balaban J connectivity index is 2.77. The van der Waals surface area contributed by atoms with Gasteiger partial charge in [0.05, 0.1) is 6.20 Å². The van der Waals surface area contributed by atoms with Crippen molar-refractivity contribution in [2.75, 3.05) is 0 Å². The van der Waals surface area contributed by atoms with Crippen molar-refractivity contribution in [3.8, 4) is 0 Å². The fraction of sp³-hybridized carbons (Fsp3) is 0.750. The molecule has 0 amide bonds. The Hall–Kier alpha value is -0.830. The van der Waals surface area contributed by atoms with E-state index in [9.17, 15) is 0 Å². The summed E-state index contributed by atoms with van der Waals surface area (Å²) in [4.78, 5) is 0. The first-order valence-corrected chi connectivity index (χ1v) is 5.63. The zero-order chi connectivity index (χ0) is 11.6. The van der Waals surface area contributed by atoms with Crippen LogP contribution in [0.25, 0.3) is 0 Å². The van der Waals surface area contributed by atoms with Gasteiger partial charge in [-0.05, 0) is 34.1 Å². The van der Waals surface area contributed by atoms with Gasteiger partial charge < -0.3 is 5.32 Å². The van der Waals surface area contributed by atoms with Crippen LogP contribution in [0.5, 0.6) is 0 Å². The lowest BCUT2D eigenvalue weighted by atomic mass is 9.99. The Morgan fingerprint density at radius 2 is 2.13 bits per heavy atom. The highest BCUT2D eigenvalue weighted by atomic mass is 15.3. The quantitative estimate of drug-likeness (QED) is 0.826. The summed E-state index contributed by atoms with van der Waals surface area (Å²) >= 11 is 0. The van der Waals surface area contributed by atoms with E-state index >= 15 is 0 Å². The molecule has 1 aromatic rings. The van der Waals surface area contributed by atoms with E-state index < -0.39 is 0 Å². The molecule has 1 atom stereocenters. The number of nitrogens with one attached hydrogen (secondary N) is 1. The Morgan fingerprint density at radius 1 is 1.53 bits per heavy atom. The van der Waals surface area contributed by atoms with E-state index in [0.29, 0.717) is 6.04 Å². The summed E-state index contributed by atoms with van der Waals surface area (Å²) in [6.07, 6.45) is 3.08. The van der Waals surface area contributed by atoms with Crippen LogP contribution in [-0.4, -0.2) is 15.3 Å². The van der Waals surface area contributed by atoms with Crippen LogP contribution in [0.15, 0.2) is 6.20 Å². The number of nitrogens with zero attached hydrogens (tertiary/aromatic N) is 2. The van der Waals surface area contributed by atoms with Gasteiger partial charge in [0.2, 0.25) is 0 Å². The molecule has 0 saturated carbocycles. The lowest BCUT2D eigenvalue weighted by molar-refractivity contribution is 0.337. The maximum Gasteiger partial charge on any atom is 0.0540 e. The van der Waals surface area contributed by atoms with Crippen LogP contribution in [0.1, 0.15) is 51.4 Å². The maximum atomic E-state index is 4.27. The highest BCUT2D eigenvalue weighted by molar-refractivity contribution is 5.20. The van der Waals surface area contributed by atoms with Crippen molar-refractivity contribution in [1.29, 1.82) is 0 Å². The van der Waals surface area contributed by atoms with E-state index in [1.165, 1.54) is 11.3 Å². The Labute approximate surface area is 92.9 Å². The van der Waals surface area contributed by atoms with Gasteiger partial charge in [0.1, 0.15) is 0 Å². The Bertz CT molecular complexity index is 326. The number of hydrogen-bond acceptors (Lipinski definition) is 2. The average molecular weight is 209 g/mol. The summed E-state index contributed by atoms with van der Waals surface area (Å²) in [5.41, 5.74) is 2.71. The van der Waals surface area contributed by atoms with Crippen LogP contribution in [0.3, 0.4) is 0 Å². The average Bonchev–Trinajstić information content (AvgIpc) is 2.47. The van der Waals surface area contributed by atoms with Gasteiger partial charge in [-0.25, -0.2) is 0 Å². The molecule has 0 spiro atoms.